The number of alkyl halides is 3. The quantitative estimate of drug-likeness (QED) is 0.196. The van der Waals surface area contributed by atoms with E-state index in [-0.39, 0.29) is 17.4 Å². The lowest BCUT2D eigenvalue weighted by Gasteiger charge is -2.13. The minimum Gasteiger partial charge on any atom is -0.383 e. The van der Waals surface area contributed by atoms with Crippen LogP contribution in [0.1, 0.15) is 50.8 Å². The highest BCUT2D eigenvalue weighted by atomic mass is 32.1. The third-order valence-corrected chi connectivity index (χ3v) is 6.15. The first-order chi connectivity index (χ1) is 17.7. The smallest absolute Gasteiger partial charge is 0.383 e. The lowest BCUT2D eigenvalue weighted by Crippen LogP contribution is -2.28. The van der Waals surface area contributed by atoms with Crippen molar-refractivity contribution >= 4 is 46.6 Å². The molecule has 194 valence electrons. The molecule has 1 saturated carbocycles. The van der Waals surface area contributed by atoms with Crippen LogP contribution < -0.4 is 16.0 Å². The van der Waals surface area contributed by atoms with Crippen LogP contribution in [0.15, 0.2) is 48.0 Å². The Hall–Kier alpha value is -4.00. The maximum atomic E-state index is 12.4. The second-order valence-electron chi connectivity index (χ2n) is 8.17. The van der Waals surface area contributed by atoms with Gasteiger partial charge < -0.3 is 20.7 Å². The zero-order valence-electron chi connectivity index (χ0n) is 19.3. The van der Waals surface area contributed by atoms with Crippen LogP contribution in [-0.2, 0) is 9.53 Å². The SMILES string of the molecule is O=C(OC(=O)C(F)(F)F)c1cccc(Nc2ncc(C3CC3)c(NCCCNC(=O)c3cccs3)n2)c1. The summed E-state index contributed by atoms with van der Waals surface area (Å²) in [5.41, 5.74) is 1.03. The van der Waals surface area contributed by atoms with Crippen molar-refractivity contribution in [3.05, 3.63) is 64.0 Å². The normalized spacial score (nSPS) is 13.1. The monoisotopic (exact) mass is 533 g/mol. The first-order valence-corrected chi connectivity index (χ1v) is 12.2. The summed E-state index contributed by atoms with van der Waals surface area (Å²) in [5, 5.41) is 10.9. The Morgan fingerprint density at radius 1 is 1.11 bits per heavy atom. The highest BCUT2D eigenvalue weighted by Crippen LogP contribution is 2.42. The Balaban J connectivity index is 1.36. The number of thiophene rings is 1. The van der Waals surface area contributed by atoms with E-state index in [1.165, 1.54) is 29.5 Å². The van der Waals surface area contributed by atoms with Crippen LogP contribution in [0.4, 0.5) is 30.6 Å². The van der Waals surface area contributed by atoms with Crippen molar-refractivity contribution in [1.29, 1.82) is 0 Å². The highest BCUT2D eigenvalue weighted by Gasteiger charge is 2.42. The van der Waals surface area contributed by atoms with Gasteiger partial charge in [-0.1, -0.05) is 12.1 Å². The molecule has 0 unspecified atom stereocenters. The molecule has 37 heavy (non-hydrogen) atoms. The minimum absolute atomic E-state index is 0.115. The molecule has 1 amide bonds. The van der Waals surface area contributed by atoms with Gasteiger partial charge in [-0.25, -0.2) is 14.6 Å². The Labute approximate surface area is 213 Å². The molecule has 9 nitrogen and oxygen atoms in total. The number of benzene rings is 1. The summed E-state index contributed by atoms with van der Waals surface area (Å²) >= 11 is 1.37. The summed E-state index contributed by atoms with van der Waals surface area (Å²) in [4.78, 5) is 44.4. The number of hydrogen-bond donors (Lipinski definition) is 3. The van der Waals surface area contributed by atoms with Gasteiger partial charge >= 0.3 is 18.1 Å². The van der Waals surface area contributed by atoms with Crippen LogP contribution >= 0.6 is 11.3 Å². The number of halogens is 3. The van der Waals surface area contributed by atoms with E-state index in [4.69, 9.17) is 0 Å². The average molecular weight is 534 g/mol. The number of hydrogen-bond acceptors (Lipinski definition) is 9. The summed E-state index contributed by atoms with van der Waals surface area (Å²) in [6.07, 6.45) is -0.852. The molecule has 3 aromatic rings. The summed E-state index contributed by atoms with van der Waals surface area (Å²) < 4.78 is 41.0. The van der Waals surface area contributed by atoms with Crippen molar-refractivity contribution in [2.24, 2.45) is 0 Å². The average Bonchev–Trinajstić information content (AvgIpc) is 3.55. The van der Waals surface area contributed by atoms with E-state index in [2.05, 4.69) is 30.7 Å². The van der Waals surface area contributed by atoms with Crippen molar-refractivity contribution in [2.75, 3.05) is 23.7 Å². The van der Waals surface area contributed by atoms with Gasteiger partial charge in [0.05, 0.1) is 10.4 Å². The van der Waals surface area contributed by atoms with Crippen molar-refractivity contribution < 1.29 is 32.3 Å². The molecule has 13 heteroatoms. The maximum absolute atomic E-state index is 12.4. The third kappa shape index (κ3) is 7.26. The van der Waals surface area contributed by atoms with Crippen LogP contribution in [0.5, 0.6) is 0 Å². The van der Waals surface area contributed by atoms with Crippen LogP contribution in [0.2, 0.25) is 0 Å². The van der Waals surface area contributed by atoms with Crippen LogP contribution in [0.25, 0.3) is 0 Å². The molecule has 1 fully saturated rings. The van der Waals surface area contributed by atoms with E-state index in [9.17, 15) is 27.6 Å². The molecule has 3 N–H and O–H groups in total. The van der Waals surface area contributed by atoms with E-state index in [1.54, 1.807) is 18.3 Å². The Morgan fingerprint density at radius 3 is 2.62 bits per heavy atom. The van der Waals surface area contributed by atoms with Gasteiger partial charge in [-0.15, -0.1) is 11.3 Å². The van der Waals surface area contributed by atoms with Gasteiger partial charge in [0.15, 0.2) is 0 Å². The van der Waals surface area contributed by atoms with Gasteiger partial charge in [-0.05, 0) is 54.8 Å². The molecule has 1 aromatic carbocycles. The molecule has 1 aliphatic rings. The van der Waals surface area contributed by atoms with Gasteiger partial charge in [-0.3, -0.25) is 4.79 Å². The second-order valence-corrected chi connectivity index (χ2v) is 9.11. The number of anilines is 3. The molecule has 2 aromatic heterocycles. The fourth-order valence-corrected chi connectivity index (χ4v) is 3.97. The predicted octanol–water partition coefficient (Wildman–Crippen LogP) is 4.64. The number of nitrogens with zero attached hydrogens (tertiary/aromatic N) is 2. The minimum atomic E-state index is -5.28. The maximum Gasteiger partial charge on any atom is 0.491 e. The van der Waals surface area contributed by atoms with Crippen molar-refractivity contribution in [3.8, 4) is 0 Å². The van der Waals surface area contributed by atoms with E-state index in [0.717, 1.165) is 18.4 Å². The molecule has 0 aliphatic heterocycles. The zero-order valence-corrected chi connectivity index (χ0v) is 20.1. The molecule has 4 rings (SSSR count). The van der Waals surface area contributed by atoms with E-state index >= 15 is 0 Å². The van der Waals surface area contributed by atoms with E-state index in [0.29, 0.717) is 41.8 Å². The molecule has 0 bridgehead atoms. The number of nitrogens with one attached hydrogen (secondary N) is 3. The van der Waals surface area contributed by atoms with Gasteiger partial charge in [0, 0.05) is 30.5 Å². The van der Waals surface area contributed by atoms with Gasteiger partial charge in [0.2, 0.25) is 5.95 Å². The largest absolute Gasteiger partial charge is 0.491 e. The summed E-state index contributed by atoms with van der Waals surface area (Å²) in [6, 6.07) is 9.00. The van der Waals surface area contributed by atoms with E-state index in [1.807, 2.05) is 11.4 Å². The third-order valence-electron chi connectivity index (χ3n) is 5.28. The fraction of sp³-hybridized carbons (Fsp3) is 0.292. The topological polar surface area (TPSA) is 122 Å². The van der Waals surface area contributed by atoms with Crippen LogP contribution in [0, 0.1) is 0 Å². The number of ether oxygens (including phenoxy) is 1. The predicted molar refractivity (Wildman–Crippen MR) is 130 cm³/mol. The number of esters is 2. The first kappa shape index (κ1) is 26.1. The van der Waals surface area contributed by atoms with Crippen LogP contribution in [-0.4, -0.2) is 47.1 Å². The number of aromatic nitrogens is 2. The van der Waals surface area contributed by atoms with Gasteiger partial charge in [0.1, 0.15) is 5.82 Å². The Bertz CT molecular complexity index is 1280. The van der Waals surface area contributed by atoms with Gasteiger partial charge in [-0.2, -0.15) is 18.2 Å². The number of carbonyl (C=O) groups excluding carboxylic acids is 3. The standard InChI is InChI=1S/C24H22F3N5O4S/c25-24(26,27)22(35)36-21(34)15-4-1-5-16(12-15)31-23-30-13-17(14-7-8-14)19(32-23)28-9-3-10-29-20(33)18-6-2-11-37-18/h1-2,4-6,11-14H,3,7-10H2,(H,29,33)(H2,28,30,31,32). The van der Waals surface area contributed by atoms with Gasteiger partial charge in [0.25, 0.3) is 5.91 Å². The zero-order chi connectivity index (χ0) is 26.4. The van der Waals surface area contributed by atoms with Crippen LogP contribution in [0.3, 0.4) is 0 Å². The lowest BCUT2D eigenvalue weighted by atomic mass is 10.2. The summed E-state index contributed by atoms with van der Waals surface area (Å²) in [7, 11) is 0. The molecule has 0 radical (unpaired) electrons. The lowest BCUT2D eigenvalue weighted by molar-refractivity contribution is -0.193. The summed E-state index contributed by atoms with van der Waals surface area (Å²) in [5.74, 6) is -2.93. The molecular formula is C24H22F3N5O4S. The van der Waals surface area contributed by atoms with E-state index < -0.39 is 18.1 Å². The Kier molecular flexibility index (Phi) is 8.01. The van der Waals surface area contributed by atoms with Crippen molar-refractivity contribution in [1.82, 2.24) is 15.3 Å². The Morgan fingerprint density at radius 2 is 1.92 bits per heavy atom. The molecular weight excluding hydrogens is 511 g/mol. The summed E-state index contributed by atoms with van der Waals surface area (Å²) in [6.45, 7) is 1.04. The fourth-order valence-electron chi connectivity index (χ4n) is 3.33. The highest BCUT2D eigenvalue weighted by molar-refractivity contribution is 7.12. The number of amides is 1. The molecule has 0 spiro atoms. The van der Waals surface area contributed by atoms with Crippen molar-refractivity contribution in [3.63, 3.8) is 0 Å². The molecule has 1 aliphatic carbocycles. The number of carbonyl (C=O) groups is 3. The second kappa shape index (κ2) is 11.4. The molecule has 2 heterocycles. The molecule has 0 saturated heterocycles. The number of rotatable bonds is 10. The molecule has 0 atom stereocenters. The van der Waals surface area contributed by atoms with Crippen molar-refractivity contribution in [2.45, 2.75) is 31.4 Å². The first-order valence-electron chi connectivity index (χ1n) is 11.3.